The summed E-state index contributed by atoms with van der Waals surface area (Å²) in [5.41, 5.74) is 0.503. The molecule has 8 heteroatoms. The van der Waals surface area contributed by atoms with E-state index < -0.39 is 24.5 Å². The van der Waals surface area contributed by atoms with E-state index in [0.29, 0.717) is 17.9 Å². The number of aliphatic hydroxyl groups is 3. The van der Waals surface area contributed by atoms with Gasteiger partial charge in [-0.25, -0.2) is 4.98 Å². The van der Waals surface area contributed by atoms with Gasteiger partial charge in [0.25, 0.3) is 0 Å². The molecule has 0 aromatic carbocycles. The number of nitrogens with zero attached hydrogens (tertiary/aromatic N) is 3. The van der Waals surface area contributed by atoms with Crippen molar-refractivity contribution >= 4 is 12.2 Å². The average molecular weight is 268 g/mol. The first-order valence-electron chi connectivity index (χ1n) is 6.14. The van der Waals surface area contributed by atoms with Crippen LogP contribution in [-0.4, -0.2) is 56.6 Å². The summed E-state index contributed by atoms with van der Waals surface area (Å²) < 4.78 is 7.27. The lowest BCUT2D eigenvalue weighted by Gasteiger charge is -2.16. The molecule has 104 valence electrons. The Labute approximate surface area is 109 Å². The third kappa shape index (κ3) is 2.12. The largest absolute Gasteiger partial charge is 0.394 e. The lowest BCUT2D eigenvalue weighted by Crippen LogP contribution is -2.24. The van der Waals surface area contributed by atoms with Crippen molar-refractivity contribution in [2.75, 3.05) is 18.5 Å². The van der Waals surface area contributed by atoms with Gasteiger partial charge in [0.2, 0.25) is 0 Å². The third-order valence-electron chi connectivity index (χ3n) is 3.40. The quantitative estimate of drug-likeness (QED) is 0.548. The van der Waals surface area contributed by atoms with Crippen molar-refractivity contribution in [2.24, 2.45) is 4.99 Å². The highest BCUT2D eigenvalue weighted by molar-refractivity contribution is 5.76. The van der Waals surface area contributed by atoms with E-state index in [-0.39, 0.29) is 13.2 Å². The van der Waals surface area contributed by atoms with Crippen LogP contribution in [0.4, 0.5) is 5.82 Å². The number of aliphatic imine (C=N–C) groups is 1. The maximum Gasteiger partial charge on any atom is 0.139 e. The van der Waals surface area contributed by atoms with Gasteiger partial charge in [-0.3, -0.25) is 9.56 Å². The standard InChI is InChI=1S/C11H16N4O4/c16-3-8-6(17)1-9(19-8)15-5-14-10-7(18)2-12-4-13-11(10)15/h4-9,16-18H,1-3H2,(H,12,13)/t6-,7-,8?,9?/m1/s1. The zero-order chi connectivity index (χ0) is 13.4. The Bertz CT molecular complexity index is 489. The van der Waals surface area contributed by atoms with E-state index >= 15 is 0 Å². The fraction of sp³-hybridized carbons (Fsp3) is 0.636. The van der Waals surface area contributed by atoms with Crippen LogP contribution in [0.25, 0.3) is 0 Å². The van der Waals surface area contributed by atoms with Crippen molar-refractivity contribution in [3.63, 3.8) is 0 Å². The molecule has 4 N–H and O–H groups in total. The van der Waals surface area contributed by atoms with E-state index in [4.69, 9.17) is 9.84 Å². The normalized spacial score (nSPS) is 33.8. The van der Waals surface area contributed by atoms with E-state index in [1.807, 2.05) is 0 Å². The van der Waals surface area contributed by atoms with Crippen LogP contribution in [0, 0.1) is 0 Å². The van der Waals surface area contributed by atoms with Crippen LogP contribution in [0.2, 0.25) is 0 Å². The number of aliphatic hydroxyl groups excluding tert-OH is 3. The van der Waals surface area contributed by atoms with Crippen LogP contribution < -0.4 is 5.32 Å². The summed E-state index contributed by atoms with van der Waals surface area (Å²) in [5, 5.41) is 31.7. The van der Waals surface area contributed by atoms with Gasteiger partial charge in [-0.1, -0.05) is 0 Å². The van der Waals surface area contributed by atoms with Crippen LogP contribution in [-0.2, 0) is 4.74 Å². The Kier molecular flexibility index (Phi) is 3.23. The number of ether oxygens (including phenoxy) is 1. The van der Waals surface area contributed by atoms with E-state index in [1.54, 1.807) is 10.9 Å². The summed E-state index contributed by atoms with van der Waals surface area (Å²) in [6.07, 6.45) is 0.935. The first-order chi connectivity index (χ1) is 9.20. The fourth-order valence-corrected chi connectivity index (χ4v) is 2.38. The number of fused-ring (bicyclic) bond motifs is 1. The molecule has 4 atom stereocenters. The second-order valence-corrected chi connectivity index (χ2v) is 4.65. The van der Waals surface area contributed by atoms with Crippen molar-refractivity contribution in [1.29, 1.82) is 0 Å². The smallest absolute Gasteiger partial charge is 0.139 e. The number of hydrogen-bond donors (Lipinski definition) is 4. The number of imidazole rings is 1. The van der Waals surface area contributed by atoms with E-state index in [2.05, 4.69) is 15.3 Å². The van der Waals surface area contributed by atoms with E-state index in [9.17, 15) is 10.2 Å². The van der Waals surface area contributed by atoms with Gasteiger partial charge in [-0.2, -0.15) is 0 Å². The Morgan fingerprint density at radius 2 is 2.32 bits per heavy atom. The predicted octanol–water partition coefficient (Wildman–Crippen LogP) is -0.989. The Morgan fingerprint density at radius 3 is 3.05 bits per heavy atom. The van der Waals surface area contributed by atoms with E-state index in [0.717, 1.165) is 0 Å². The van der Waals surface area contributed by atoms with E-state index in [1.165, 1.54) is 6.34 Å². The Balaban J connectivity index is 1.89. The summed E-state index contributed by atoms with van der Waals surface area (Å²) >= 11 is 0. The molecule has 2 aliphatic rings. The SMILES string of the molecule is OCC1OC(n2cnc3c2NC=NC[C@H]3O)C[C@H]1O. The summed E-state index contributed by atoms with van der Waals surface area (Å²) in [4.78, 5) is 8.15. The van der Waals surface area contributed by atoms with Crippen molar-refractivity contribution in [2.45, 2.75) is 31.0 Å². The van der Waals surface area contributed by atoms with Gasteiger partial charge < -0.3 is 25.4 Å². The Morgan fingerprint density at radius 1 is 1.47 bits per heavy atom. The lowest BCUT2D eigenvalue weighted by atomic mass is 10.2. The van der Waals surface area contributed by atoms with Crippen molar-refractivity contribution in [3.8, 4) is 0 Å². The summed E-state index contributed by atoms with van der Waals surface area (Å²) in [5.74, 6) is 0.601. The van der Waals surface area contributed by atoms with Gasteiger partial charge in [-0.15, -0.1) is 0 Å². The number of anilines is 1. The molecule has 1 fully saturated rings. The number of aromatic nitrogens is 2. The van der Waals surface area contributed by atoms with Crippen LogP contribution in [0.5, 0.6) is 0 Å². The second kappa shape index (κ2) is 4.89. The number of hydrogen-bond acceptors (Lipinski definition) is 7. The third-order valence-corrected chi connectivity index (χ3v) is 3.40. The zero-order valence-corrected chi connectivity index (χ0v) is 10.2. The molecule has 3 rings (SSSR count). The van der Waals surface area contributed by atoms with Crippen molar-refractivity contribution < 1.29 is 20.1 Å². The number of nitrogens with one attached hydrogen (secondary N) is 1. The topological polar surface area (TPSA) is 112 Å². The molecule has 1 aromatic heterocycles. The molecule has 8 nitrogen and oxygen atoms in total. The maximum atomic E-state index is 9.89. The van der Waals surface area contributed by atoms with Gasteiger partial charge in [-0.05, 0) is 0 Å². The summed E-state index contributed by atoms with van der Waals surface area (Å²) in [6, 6.07) is 0. The molecule has 0 spiro atoms. The van der Waals surface area contributed by atoms with Gasteiger partial charge >= 0.3 is 0 Å². The molecule has 2 unspecified atom stereocenters. The molecule has 19 heavy (non-hydrogen) atoms. The van der Waals surface area contributed by atoms with Crippen LogP contribution in [0.3, 0.4) is 0 Å². The first kappa shape index (κ1) is 12.5. The minimum atomic E-state index is -0.762. The minimum Gasteiger partial charge on any atom is -0.394 e. The first-order valence-corrected chi connectivity index (χ1v) is 6.14. The predicted molar refractivity (Wildman–Crippen MR) is 65.8 cm³/mol. The lowest BCUT2D eigenvalue weighted by molar-refractivity contribution is -0.0437. The second-order valence-electron chi connectivity index (χ2n) is 4.65. The highest BCUT2D eigenvalue weighted by Crippen LogP contribution is 2.34. The molecule has 3 heterocycles. The number of rotatable bonds is 2. The molecular weight excluding hydrogens is 252 g/mol. The molecule has 0 bridgehead atoms. The highest BCUT2D eigenvalue weighted by Gasteiger charge is 2.36. The molecule has 1 saturated heterocycles. The average Bonchev–Trinajstić information content (AvgIpc) is 2.93. The minimum absolute atomic E-state index is 0.230. The molecule has 0 saturated carbocycles. The molecule has 0 amide bonds. The zero-order valence-electron chi connectivity index (χ0n) is 10.2. The van der Waals surface area contributed by atoms with Gasteiger partial charge in [0.15, 0.2) is 0 Å². The molecule has 2 aliphatic heterocycles. The maximum absolute atomic E-state index is 9.89. The monoisotopic (exact) mass is 268 g/mol. The van der Waals surface area contributed by atoms with Crippen LogP contribution >= 0.6 is 0 Å². The van der Waals surface area contributed by atoms with Crippen LogP contribution in [0.1, 0.15) is 24.4 Å². The van der Waals surface area contributed by atoms with Gasteiger partial charge in [0, 0.05) is 6.42 Å². The van der Waals surface area contributed by atoms with Gasteiger partial charge in [0.05, 0.1) is 31.9 Å². The summed E-state index contributed by atoms with van der Waals surface area (Å²) in [6.45, 7) is 0.0243. The molecule has 0 aliphatic carbocycles. The molecule has 0 radical (unpaired) electrons. The summed E-state index contributed by atoms with van der Waals surface area (Å²) in [7, 11) is 0. The van der Waals surface area contributed by atoms with Gasteiger partial charge in [0.1, 0.15) is 29.9 Å². The molecular formula is C11H16N4O4. The molecule has 1 aromatic rings. The van der Waals surface area contributed by atoms with Crippen molar-refractivity contribution in [3.05, 3.63) is 12.0 Å². The Hall–Kier alpha value is -1.48. The van der Waals surface area contributed by atoms with Crippen molar-refractivity contribution in [1.82, 2.24) is 9.55 Å². The highest BCUT2D eigenvalue weighted by atomic mass is 16.5. The fourth-order valence-electron chi connectivity index (χ4n) is 2.38. The van der Waals surface area contributed by atoms with Crippen LogP contribution in [0.15, 0.2) is 11.3 Å².